The number of aryl methyl sites for hydroxylation is 1. The number of carbonyl (C=O) groups is 1. The summed E-state index contributed by atoms with van der Waals surface area (Å²) in [6, 6.07) is 6.71. The van der Waals surface area contributed by atoms with Crippen molar-refractivity contribution < 1.29 is 22.5 Å². The molecule has 0 heterocycles. The van der Waals surface area contributed by atoms with Crippen molar-refractivity contribution >= 4 is 15.9 Å². The van der Waals surface area contributed by atoms with Gasteiger partial charge < -0.3 is 5.11 Å². The normalized spacial score (nSPS) is 41.4. The molecular formula is C26H34O5S. The lowest BCUT2D eigenvalue weighted by Crippen LogP contribution is -2.54. The molecule has 32 heavy (non-hydrogen) atoms. The molecule has 5 nitrogen and oxygen atoms in total. The summed E-state index contributed by atoms with van der Waals surface area (Å²) in [4.78, 5) is 13.5. The number of rotatable bonds is 3. The third-order valence-electron chi connectivity index (χ3n) is 9.42. The first-order valence-corrected chi connectivity index (χ1v) is 13.4. The molecule has 3 saturated carbocycles. The van der Waals surface area contributed by atoms with Crippen LogP contribution in [0.15, 0.2) is 40.8 Å². The molecule has 4 aliphatic rings. The maximum Gasteiger partial charge on any atom is 0.297 e. The third-order valence-corrected chi connectivity index (χ3v) is 10.8. The monoisotopic (exact) mass is 458 g/mol. The maximum absolute atomic E-state index is 13.3. The number of ketones is 1. The Balaban J connectivity index is 1.38. The van der Waals surface area contributed by atoms with Crippen molar-refractivity contribution in [3.8, 4) is 0 Å². The summed E-state index contributed by atoms with van der Waals surface area (Å²) in [5, 5.41) is 10.6. The minimum absolute atomic E-state index is 0.0200. The van der Waals surface area contributed by atoms with Crippen LogP contribution in [0.5, 0.6) is 0 Å². The average molecular weight is 459 g/mol. The molecule has 1 N–H and O–H groups in total. The van der Waals surface area contributed by atoms with E-state index in [-0.39, 0.29) is 45.4 Å². The van der Waals surface area contributed by atoms with Crippen molar-refractivity contribution in [1.82, 2.24) is 0 Å². The van der Waals surface area contributed by atoms with E-state index >= 15 is 0 Å². The van der Waals surface area contributed by atoms with Crippen molar-refractivity contribution in [2.24, 2.45) is 28.6 Å². The number of carbonyl (C=O) groups excluding carboxylic acids is 1. The summed E-state index contributed by atoms with van der Waals surface area (Å²) in [5.74, 6) is 0.672. The Hall–Kier alpha value is -1.50. The van der Waals surface area contributed by atoms with Crippen LogP contribution in [-0.2, 0) is 19.1 Å². The Kier molecular flexibility index (Phi) is 5.23. The zero-order valence-corrected chi connectivity index (χ0v) is 20.0. The molecule has 0 aliphatic heterocycles. The van der Waals surface area contributed by atoms with Gasteiger partial charge in [-0.05, 0) is 92.7 Å². The molecule has 5 rings (SSSR count). The SMILES string of the molecule is Cc1ccc(S(=O)(=O)O[C@H]2CC[C@@]3(C)C(=CC(=O)[C@H]4[C@@H]5CC[C@H](O)[C@@]5(C)CC[C@@H]43)C2)cc1. The predicted molar refractivity (Wildman–Crippen MR) is 121 cm³/mol. The highest BCUT2D eigenvalue weighted by molar-refractivity contribution is 7.86. The van der Waals surface area contributed by atoms with Crippen molar-refractivity contribution in [3.05, 3.63) is 41.5 Å². The van der Waals surface area contributed by atoms with Gasteiger partial charge >= 0.3 is 0 Å². The van der Waals surface area contributed by atoms with Crippen LogP contribution in [0.2, 0.25) is 0 Å². The van der Waals surface area contributed by atoms with Gasteiger partial charge in [-0.15, -0.1) is 0 Å². The second kappa shape index (κ2) is 7.51. The fourth-order valence-electron chi connectivity index (χ4n) is 7.36. The van der Waals surface area contributed by atoms with Crippen LogP contribution in [0, 0.1) is 35.5 Å². The summed E-state index contributed by atoms with van der Waals surface area (Å²) >= 11 is 0. The lowest BCUT2D eigenvalue weighted by atomic mass is 9.47. The number of allylic oxidation sites excluding steroid dienone is 1. The highest BCUT2D eigenvalue weighted by Crippen LogP contribution is 2.64. The zero-order chi connectivity index (χ0) is 22.9. The Morgan fingerprint density at radius 3 is 2.44 bits per heavy atom. The molecule has 1 aromatic rings. The molecule has 6 heteroatoms. The second-order valence-electron chi connectivity index (χ2n) is 11.1. The van der Waals surface area contributed by atoms with Gasteiger partial charge in [0.25, 0.3) is 10.1 Å². The number of aliphatic hydroxyl groups excluding tert-OH is 1. The van der Waals surface area contributed by atoms with Crippen molar-refractivity contribution in [3.63, 3.8) is 0 Å². The van der Waals surface area contributed by atoms with Gasteiger partial charge in [-0.3, -0.25) is 8.98 Å². The lowest BCUT2D eigenvalue weighted by Gasteiger charge is -2.56. The molecule has 0 radical (unpaired) electrons. The van der Waals surface area contributed by atoms with E-state index in [1.807, 2.05) is 13.0 Å². The van der Waals surface area contributed by atoms with Crippen LogP contribution in [0.4, 0.5) is 0 Å². The van der Waals surface area contributed by atoms with E-state index < -0.39 is 16.2 Å². The number of hydrogen-bond donors (Lipinski definition) is 1. The number of hydrogen-bond acceptors (Lipinski definition) is 5. The largest absolute Gasteiger partial charge is 0.393 e. The molecule has 0 unspecified atom stereocenters. The van der Waals surface area contributed by atoms with Crippen LogP contribution in [0.25, 0.3) is 0 Å². The number of fused-ring (bicyclic) bond motifs is 5. The van der Waals surface area contributed by atoms with Gasteiger partial charge in [-0.1, -0.05) is 37.1 Å². The zero-order valence-electron chi connectivity index (χ0n) is 19.2. The van der Waals surface area contributed by atoms with Crippen molar-refractivity contribution in [2.45, 2.75) is 82.8 Å². The summed E-state index contributed by atoms with van der Waals surface area (Å²) in [6.07, 6.45) is 6.66. The van der Waals surface area contributed by atoms with Gasteiger partial charge in [0.1, 0.15) is 0 Å². The van der Waals surface area contributed by atoms with Gasteiger partial charge in [-0.2, -0.15) is 8.42 Å². The van der Waals surface area contributed by atoms with Crippen LogP contribution in [0.1, 0.15) is 64.4 Å². The summed E-state index contributed by atoms with van der Waals surface area (Å²) < 4.78 is 31.3. The van der Waals surface area contributed by atoms with Crippen LogP contribution in [-0.4, -0.2) is 31.5 Å². The fraction of sp³-hybridized carbons (Fsp3) is 0.654. The summed E-state index contributed by atoms with van der Waals surface area (Å²) in [5.41, 5.74) is 1.81. The summed E-state index contributed by atoms with van der Waals surface area (Å²) in [6.45, 7) is 6.35. The van der Waals surface area contributed by atoms with E-state index in [0.717, 1.165) is 43.2 Å². The Morgan fingerprint density at radius 2 is 1.72 bits per heavy atom. The van der Waals surface area contributed by atoms with Crippen molar-refractivity contribution in [2.75, 3.05) is 0 Å². The number of benzene rings is 1. The van der Waals surface area contributed by atoms with E-state index in [0.29, 0.717) is 12.8 Å². The van der Waals surface area contributed by atoms with E-state index in [1.54, 1.807) is 24.3 Å². The first-order valence-electron chi connectivity index (χ1n) is 12.0. The third kappa shape index (κ3) is 3.33. The topological polar surface area (TPSA) is 80.7 Å². The molecule has 0 spiro atoms. The molecule has 0 aromatic heterocycles. The molecular weight excluding hydrogens is 424 g/mol. The molecule has 4 aliphatic carbocycles. The predicted octanol–water partition coefficient (Wildman–Crippen LogP) is 4.57. The van der Waals surface area contributed by atoms with E-state index in [9.17, 15) is 18.3 Å². The lowest BCUT2D eigenvalue weighted by molar-refractivity contribution is -0.136. The van der Waals surface area contributed by atoms with Gasteiger partial charge in [0.2, 0.25) is 0 Å². The van der Waals surface area contributed by atoms with Gasteiger partial charge in [0, 0.05) is 5.92 Å². The van der Waals surface area contributed by atoms with Crippen molar-refractivity contribution in [1.29, 1.82) is 0 Å². The first-order chi connectivity index (χ1) is 15.0. The highest BCUT2D eigenvalue weighted by atomic mass is 32.2. The van der Waals surface area contributed by atoms with Crippen LogP contribution < -0.4 is 0 Å². The standard InChI is InChI=1S/C26H34O5S/c1-16-4-6-19(7-5-16)32(29,30)31-18-10-12-25(2)17(14-18)15-22(27)24-20-8-9-23(28)26(20,3)13-11-21(24)25/h4-7,15,18,20-21,23-24,28H,8-14H2,1-3H3/t18-,20-,21-,23-,24-,25-,26-/m0/s1. The van der Waals surface area contributed by atoms with E-state index in [4.69, 9.17) is 4.18 Å². The fourth-order valence-corrected chi connectivity index (χ4v) is 8.47. The van der Waals surface area contributed by atoms with Gasteiger partial charge in [-0.25, -0.2) is 0 Å². The van der Waals surface area contributed by atoms with Gasteiger partial charge in [0.15, 0.2) is 5.78 Å². The Bertz CT molecular complexity index is 1060. The first kappa shape index (κ1) is 22.3. The van der Waals surface area contributed by atoms with Crippen LogP contribution in [0.3, 0.4) is 0 Å². The van der Waals surface area contributed by atoms with Crippen LogP contribution >= 0.6 is 0 Å². The average Bonchev–Trinajstić information content (AvgIpc) is 3.04. The second-order valence-corrected chi connectivity index (χ2v) is 12.7. The summed E-state index contributed by atoms with van der Waals surface area (Å²) in [7, 11) is -3.84. The molecule has 3 fully saturated rings. The minimum atomic E-state index is -3.84. The Labute approximate surface area is 191 Å². The maximum atomic E-state index is 13.3. The number of aliphatic hydroxyl groups is 1. The minimum Gasteiger partial charge on any atom is -0.393 e. The van der Waals surface area contributed by atoms with E-state index in [1.165, 1.54) is 0 Å². The molecule has 1 aromatic carbocycles. The Morgan fingerprint density at radius 1 is 1.00 bits per heavy atom. The highest BCUT2D eigenvalue weighted by Gasteiger charge is 2.60. The molecule has 0 amide bonds. The van der Waals surface area contributed by atoms with E-state index in [2.05, 4.69) is 13.8 Å². The molecule has 7 atom stereocenters. The smallest absolute Gasteiger partial charge is 0.297 e. The quantitative estimate of drug-likeness (QED) is 0.671. The molecule has 0 bridgehead atoms. The molecule has 174 valence electrons. The van der Waals surface area contributed by atoms with Gasteiger partial charge in [0.05, 0.1) is 17.1 Å². The molecule has 0 saturated heterocycles.